The molecule has 4 nitrogen and oxygen atoms in total. The van der Waals surface area contributed by atoms with Crippen LogP contribution in [0.25, 0.3) is 0 Å². The van der Waals surface area contributed by atoms with Gasteiger partial charge in [0.05, 0.1) is 19.1 Å². The first-order valence-electron chi connectivity index (χ1n) is 6.50. The molecule has 110 valence electrons. The molecule has 0 saturated carbocycles. The highest BCUT2D eigenvalue weighted by Crippen LogP contribution is 2.36. The third kappa shape index (κ3) is 3.82. The van der Waals surface area contributed by atoms with Crippen LogP contribution in [0.5, 0.6) is 0 Å². The summed E-state index contributed by atoms with van der Waals surface area (Å²) in [7, 11) is 0. The topological polar surface area (TPSA) is 49.8 Å². The smallest absolute Gasteiger partial charge is 0.393 e. The van der Waals surface area contributed by atoms with E-state index in [0.717, 1.165) is 12.8 Å². The van der Waals surface area contributed by atoms with E-state index in [1.54, 1.807) is 4.90 Å². The Labute approximate surface area is 109 Å². The predicted molar refractivity (Wildman–Crippen MR) is 60.4 cm³/mol. The highest BCUT2D eigenvalue weighted by molar-refractivity contribution is 5.77. The molecule has 7 heteroatoms. The molecule has 0 aromatic heterocycles. The first kappa shape index (κ1) is 14.6. The van der Waals surface area contributed by atoms with Crippen LogP contribution < -0.4 is 0 Å². The molecule has 0 aromatic carbocycles. The van der Waals surface area contributed by atoms with Crippen LogP contribution in [0.1, 0.15) is 32.1 Å². The van der Waals surface area contributed by atoms with Gasteiger partial charge in [0.2, 0.25) is 5.91 Å². The van der Waals surface area contributed by atoms with E-state index < -0.39 is 12.8 Å². The number of alkyl halides is 3. The number of aliphatic hydroxyl groups excluding tert-OH is 1. The Balaban J connectivity index is 1.75. The molecule has 2 aliphatic rings. The molecule has 1 amide bonds. The van der Waals surface area contributed by atoms with Gasteiger partial charge in [0, 0.05) is 12.1 Å². The number of rotatable bonds is 4. The van der Waals surface area contributed by atoms with Crippen LogP contribution >= 0.6 is 0 Å². The molecule has 0 aliphatic carbocycles. The number of hydrogen-bond acceptors (Lipinski definition) is 3. The highest BCUT2D eigenvalue weighted by Gasteiger charge is 2.42. The van der Waals surface area contributed by atoms with Gasteiger partial charge in [-0.2, -0.15) is 13.2 Å². The lowest BCUT2D eigenvalue weighted by Crippen LogP contribution is -2.48. The molecule has 2 unspecified atom stereocenters. The summed E-state index contributed by atoms with van der Waals surface area (Å²) >= 11 is 0. The molecule has 2 heterocycles. The average molecular weight is 281 g/mol. The van der Waals surface area contributed by atoms with E-state index in [0.29, 0.717) is 12.8 Å². The van der Waals surface area contributed by atoms with E-state index in [2.05, 4.69) is 4.74 Å². The number of ether oxygens (including phenoxy) is 1. The van der Waals surface area contributed by atoms with Crippen molar-refractivity contribution < 1.29 is 27.8 Å². The molecule has 19 heavy (non-hydrogen) atoms. The lowest BCUT2D eigenvalue weighted by molar-refractivity contribution is -0.175. The largest absolute Gasteiger partial charge is 0.411 e. The molecular formula is C12H18F3NO3. The number of amides is 1. The van der Waals surface area contributed by atoms with Crippen molar-refractivity contribution >= 4 is 5.91 Å². The highest BCUT2D eigenvalue weighted by atomic mass is 19.4. The summed E-state index contributed by atoms with van der Waals surface area (Å²) in [5, 5.41) is 9.61. The van der Waals surface area contributed by atoms with Gasteiger partial charge in [-0.1, -0.05) is 0 Å². The standard InChI is InChI=1S/C12H18F3NO3/c13-12(14,15)7-19-4-3-11(18)16-8-1-2-9(16)6-10(17)5-8/h8-10,17H,1-7H2. The first-order valence-corrected chi connectivity index (χ1v) is 6.50. The Hall–Kier alpha value is -0.820. The molecule has 2 rings (SSSR count). The van der Waals surface area contributed by atoms with Crippen molar-refractivity contribution in [2.45, 2.75) is 56.5 Å². The maximum Gasteiger partial charge on any atom is 0.411 e. The molecule has 0 spiro atoms. The van der Waals surface area contributed by atoms with Crippen LogP contribution in [0.3, 0.4) is 0 Å². The zero-order chi connectivity index (χ0) is 14.0. The minimum absolute atomic E-state index is 0.0286. The number of nitrogens with zero attached hydrogens (tertiary/aromatic N) is 1. The number of hydrogen-bond donors (Lipinski definition) is 1. The molecule has 2 fully saturated rings. The molecule has 2 atom stereocenters. The predicted octanol–water partition coefficient (Wildman–Crippen LogP) is 1.47. The summed E-state index contributed by atoms with van der Waals surface area (Å²) < 4.78 is 40.0. The van der Waals surface area contributed by atoms with Gasteiger partial charge in [-0.05, 0) is 25.7 Å². The fourth-order valence-electron chi connectivity index (χ4n) is 3.03. The normalized spacial score (nSPS) is 30.7. The molecule has 0 aromatic rings. The van der Waals surface area contributed by atoms with Gasteiger partial charge in [0.1, 0.15) is 6.61 Å². The number of carbonyl (C=O) groups excluding carboxylic acids is 1. The SMILES string of the molecule is O=C(CCOCC(F)(F)F)N1C2CCC1CC(O)C2. The van der Waals surface area contributed by atoms with Crippen LogP contribution in [0.15, 0.2) is 0 Å². The van der Waals surface area contributed by atoms with E-state index in [4.69, 9.17) is 0 Å². The number of piperidine rings is 1. The Morgan fingerprint density at radius 3 is 2.37 bits per heavy atom. The van der Waals surface area contributed by atoms with Crippen LogP contribution in [0, 0.1) is 0 Å². The molecule has 2 bridgehead atoms. The molecule has 2 saturated heterocycles. The van der Waals surface area contributed by atoms with Gasteiger partial charge in [0.25, 0.3) is 0 Å². The lowest BCUT2D eigenvalue weighted by atomic mass is 9.99. The second kappa shape index (κ2) is 5.66. The van der Waals surface area contributed by atoms with E-state index in [-0.39, 0.29) is 37.1 Å². The summed E-state index contributed by atoms with van der Waals surface area (Å²) in [4.78, 5) is 13.7. The number of aliphatic hydroxyl groups is 1. The zero-order valence-electron chi connectivity index (χ0n) is 10.5. The fourth-order valence-corrected chi connectivity index (χ4v) is 3.03. The number of carbonyl (C=O) groups is 1. The lowest BCUT2D eigenvalue weighted by Gasteiger charge is -2.37. The van der Waals surface area contributed by atoms with Crippen LogP contribution in [-0.4, -0.2) is 53.5 Å². The van der Waals surface area contributed by atoms with Crippen molar-refractivity contribution in [3.05, 3.63) is 0 Å². The Morgan fingerprint density at radius 2 is 1.84 bits per heavy atom. The molecule has 2 aliphatic heterocycles. The van der Waals surface area contributed by atoms with Crippen molar-refractivity contribution in [3.8, 4) is 0 Å². The second-order valence-corrected chi connectivity index (χ2v) is 5.23. The van der Waals surface area contributed by atoms with Crippen LogP contribution in [-0.2, 0) is 9.53 Å². The van der Waals surface area contributed by atoms with Crippen LogP contribution in [0.4, 0.5) is 13.2 Å². The number of fused-ring (bicyclic) bond motifs is 2. The third-order valence-electron chi connectivity index (χ3n) is 3.72. The van der Waals surface area contributed by atoms with Crippen molar-refractivity contribution in [2.75, 3.05) is 13.2 Å². The minimum atomic E-state index is -4.35. The maximum atomic E-state index is 12.0. The maximum absolute atomic E-state index is 12.0. The Kier molecular flexibility index (Phi) is 4.35. The monoisotopic (exact) mass is 281 g/mol. The third-order valence-corrected chi connectivity index (χ3v) is 3.72. The van der Waals surface area contributed by atoms with Crippen molar-refractivity contribution in [1.29, 1.82) is 0 Å². The fraction of sp³-hybridized carbons (Fsp3) is 0.917. The van der Waals surface area contributed by atoms with Gasteiger partial charge in [-0.3, -0.25) is 4.79 Å². The number of halogens is 3. The van der Waals surface area contributed by atoms with Gasteiger partial charge >= 0.3 is 6.18 Å². The van der Waals surface area contributed by atoms with E-state index in [1.165, 1.54) is 0 Å². The Morgan fingerprint density at radius 1 is 1.26 bits per heavy atom. The minimum Gasteiger partial charge on any atom is -0.393 e. The van der Waals surface area contributed by atoms with E-state index in [9.17, 15) is 23.1 Å². The summed E-state index contributed by atoms with van der Waals surface area (Å²) in [6.45, 7) is -1.53. The molecule has 1 N–H and O–H groups in total. The second-order valence-electron chi connectivity index (χ2n) is 5.23. The van der Waals surface area contributed by atoms with Gasteiger partial charge in [-0.25, -0.2) is 0 Å². The zero-order valence-corrected chi connectivity index (χ0v) is 10.5. The van der Waals surface area contributed by atoms with E-state index >= 15 is 0 Å². The van der Waals surface area contributed by atoms with E-state index in [1.807, 2.05) is 0 Å². The van der Waals surface area contributed by atoms with Gasteiger partial charge in [0.15, 0.2) is 0 Å². The van der Waals surface area contributed by atoms with Gasteiger partial charge in [-0.15, -0.1) is 0 Å². The van der Waals surface area contributed by atoms with Crippen molar-refractivity contribution in [1.82, 2.24) is 4.90 Å². The van der Waals surface area contributed by atoms with Crippen molar-refractivity contribution in [2.24, 2.45) is 0 Å². The van der Waals surface area contributed by atoms with Crippen LogP contribution in [0.2, 0.25) is 0 Å². The summed E-state index contributed by atoms with van der Waals surface area (Å²) in [5.74, 6) is -0.165. The summed E-state index contributed by atoms with van der Waals surface area (Å²) in [6.07, 6.45) is -1.84. The van der Waals surface area contributed by atoms with Crippen molar-refractivity contribution in [3.63, 3.8) is 0 Å². The summed E-state index contributed by atoms with van der Waals surface area (Å²) in [6, 6.07) is 0.0905. The molecular weight excluding hydrogens is 263 g/mol. The summed E-state index contributed by atoms with van der Waals surface area (Å²) in [5.41, 5.74) is 0. The first-order chi connectivity index (χ1) is 8.87. The molecule has 0 radical (unpaired) electrons. The van der Waals surface area contributed by atoms with Gasteiger partial charge < -0.3 is 14.7 Å². The quantitative estimate of drug-likeness (QED) is 0.794. The Bertz CT molecular complexity index is 321. The average Bonchev–Trinajstić information content (AvgIpc) is 2.56.